The van der Waals surface area contributed by atoms with Gasteiger partial charge in [-0.1, -0.05) is 6.92 Å². The Hall–Kier alpha value is -1.03. The number of carbonyl (C=O) groups is 1. The van der Waals surface area contributed by atoms with Crippen molar-refractivity contribution in [2.45, 2.75) is 26.9 Å². The largest absolute Gasteiger partial charge is 0.489 e. The van der Waals surface area contributed by atoms with Crippen LogP contribution in [0.4, 0.5) is 0 Å². The molecule has 3 nitrogen and oxygen atoms in total. The quantitative estimate of drug-likeness (QED) is 0.716. The van der Waals surface area contributed by atoms with Gasteiger partial charge in [-0.3, -0.25) is 9.78 Å². The monoisotopic (exact) mass is 239 g/mol. The Labute approximate surface area is 101 Å². The maximum Gasteiger partial charge on any atom is 0.174 e. The van der Waals surface area contributed by atoms with Gasteiger partial charge in [0.1, 0.15) is 5.75 Å². The zero-order valence-electron chi connectivity index (χ0n) is 9.90. The number of hydrogen-bond donors (Lipinski definition) is 0. The molecule has 0 radical (unpaired) electrons. The second kappa shape index (κ2) is 6.53. The standard InChI is InChI=1S/C12H17NO2S/c1-4-16-8-12(14)10-5-11(7-13-6-10)15-9(2)3/h5-7,9H,4,8H2,1-3H3. The van der Waals surface area contributed by atoms with Crippen LogP contribution >= 0.6 is 11.8 Å². The third-order valence-corrected chi connectivity index (χ3v) is 2.72. The van der Waals surface area contributed by atoms with Gasteiger partial charge < -0.3 is 4.74 Å². The average molecular weight is 239 g/mol. The summed E-state index contributed by atoms with van der Waals surface area (Å²) in [5.74, 6) is 2.21. The SMILES string of the molecule is CCSCC(=O)c1cncc(OC(C)C)c1. The molecule has 1 aromatic rings. The summed E-state index contributed by atoms with van der Waals surface area (Å²) < 4.78 is 5.49. The molecule has 4 heteroatoms. The normalized spacial score (nSPS) is 10.5. The molecule has 0 N–H and O–H groups in total. The Morgan fingerprint density at radius 2 is 2.25 bits per heavy atom. The number of aromatic nitrogens is 1. The van der Waals surface area contributed by atoms with E-state index in [0.29, 0.717) is 17.1 Å². The first-order chi connectivity index (χ1) is 7.63. The van der Waals surface area contributed by atoms with Crippen molar-refractivity contribution in [1.29, 1.82) is 0 Å². The molecule has 16 heavy (non-hydrogen) atoms. The number of thioether (sulfide) groups is 1. The first-order valence-corrected chi connectivity index (χ1v) is 6.51. The van der Waals surface area contributed by atoms with Crippen LogP contribution in [0.15, 0.2) is 18.5 Å². The second-order valence-corrected chi connectivity index (χ2v) is 4.91. The lowest BCUT2D eigenvalue weighted by molar-refractivity contribution is 0.102. The average Bonchev–Trinajstić information content (AvgIpc) is 2.25. The summed E-state index contributed by atoms with van der Waals surface area (Å²) >= 11 is 1.61. The summed E-state index contributed by atoms with van der Waals surface area (Å²) in [6.45, 7) is 5.93. The Kier molecular flexibility index (Phi) is 5.32. The van der Waals surface area contributed by atoms with Crippen LogP contribution in [-0.4, -0.2) is 28.4 Å². The Morgan fingerprint density at radius 1 is 1.50 bits per heavy atom. The minimum atomic E-state index is 0.0946. The van der Waals surface area contributed by atoms with Crippen LogP contribution in [0.5, 0.6) is 5.75 Å². The molecule has 1 heterocycles. The van der Waals surface area contributed by atoms with Gasteiger partial charge in [-0.25, -0.2) is 0 Å². The van der Waals surface area contributed by atoms with Gasteiger partial charge in [-0.15, -0.1) is 0 Å². The lowest BCUT2D eigenvalue weighted by Gasteiger charge is -2.09. The number of ketones is 1. The lowest BCUT2D eigenvalue weighted by Crippen LogP contribution is -2.08. The van der Waals surface area contributed by atoms with Crippen LogP contribution in [0.3, 0.4) is 0 Å². The molecule has 1 rings (SSSR count). The minimum Gasteiger partial charge on any atom is -0.489 e. The summed E-state index contributed by atoms with van der Waals surface area (Å²) in [7, 11) is 0. The number of nitrogens with zero attached hydrogens (tertiary/aromatic N) is 1. The van der Waals surface area contributed by atoms with Crippen molar-refractivity contribution in [2.75, 3.05) is 11.5 Å². The van der Waals surface area contributed by atoms with E-state index in [1.54, 1.807) is 30.2 Å². The third kappa shape index (κ3) is 4.23. The van der Waals surface area contributed by atoms with E-state index in [9.17, 15) is 4.79 Å². The smallest absolute Gasteiger partial charge is 0.174 e. The number of ether oxygens (including phenoxy) is 1. The maximum atomic E-state index is 11.7. The molecule has 0 aliphatic heterocycles. The van der Waals surface area contributed by atoms with E-state index in [1.165, 1.54) is 0 Å². The molecule has 0 bridgehead atoms. The van der Waals surface area contributed by atoms with Crippen LogP contribution in [0.2, 0.25) is 0 Å². The van der Waals surface area contributed by atoms with Gasteiger partial charge >= 0.3 is 0 Å². The van der Waals surface area contributed by atoms with Crippen LogP contribution in [-0.2, 0) is 0 Å². The first kappa shape index (κ1) is 13.0. The number of carbonyl (C=O) groups excluding carboxylic acids is 1. The van der Waals surface area contributed by atoms with Crippen LogP contribution < -0.4 is 4.74 Å². The first-order valence-electron chi connectivity index (χ1n) is 5.36. The van der Waals surface area contributed by atoms with E-state index >= 15 is 0 Å². The van der Waals surface area contributed by atoms with Gasteiger partial charge in [-0.2, -0.15) is 11.8 Å². The van der Waals surface area contributed by atoms with E-state index < -0.39 is 0 Å². The fourth-order valence-corrected chi connectivity index (χ4v) is 1.74. The highest BCUT2D eigenvalue weighted by Crippen LogP contribution is 2.14. The maximum absolute atomic E-state index is 11.7. The van der Waals surface area contributed by atoms with E-state index in [4.69, 9.17) is 4.74 Å². The Bertz CT molecular complexity index is 353. The fraction of sp³-hybridized carbons (Fsp3) is 0.500. The van der Waals surface area contributed by atoms with Gasteiger partial charge in [0.2, 0.25) is 0 Å². The second-order valence-electron chi connectivity index (χ2n) is 3.64. The van der Waals surface area contributed by atoms with E-state index in [1.807, 2.05) is 20.8 Å². The van der Waals surface area contributed by atoms with Crippen molar-refractivity contribution >= 4 is 17.5 Å². The molecule has 0 atom stereocenters. The van der Waals surface area contributed by atoms with Gasteiger partial charge in [0.05, 0.1) is 18.1 Å². The topological polar surface area (TPSA) is 39.2 Å². The van der Waals surface area contributed by atoms with E-state index in [2.05, 4.69) is 4.98 Å². The summed E-state index contributed by atoms with van der Waals surface area (Å²) in [5, 5.41) is 0. The lowest BCUT2D eigenvalue weighted by atomic mass is 10.2. The van der Waals surface area contributed by atoms with Crippen molar-refractivity contribution in [3.8, 4) is 5.75 Å². The van der Waals surface area contributed by atoms with E-state index in [-0.39, 0.29) is 11.9 Å². The zero-order chi connectivity index (χ0) is 12.0. The predicted octanol–water partition coefficient (Wildman–Crippen LogP) is 2.80. The van der Waals surface area contributed by atoms with Gasteiger partial charge in [0, 0.05) is 11.8 Å². The van der Waals surface area contributed by atoms with Crippen molar-refractivity contribution in [1.82, 2.24) is 4.98 Å². The highest BCUT2D eigenvalue weighted by atomic mass is 32.2. The fourth-order valence-electron chi connectivity index (χ4n) is 1.19. The van der Waals surface area contributed by atoms with Crippen molar-refractivity contribution in [2.24, 2.45) is 0 Å². The molecule has 0 saturated carbocycles. The van der Waals surface area contributed by atoms with Gasteiger partial charge in [0.15, 0.2) is 5.78 Å². The molecule has 1 aromatic heterocycles. The molecular weight excluding hydrogens is 222 g/mol. The van der Waals surface area contributed by atoms with Gasteiger partial charge in [-0.05, 0) is 25.7 Å². The van der Waals surface area contributed by atoms with Gasteiger partial charge in [0.25, 0.3) is 0 Å². The summed E-state index contributed by atoms with van der Waals surface area (Å²) in [6, 6.07) is 1.76. The zero-order valence-corrected chi connectivity index (χ0v) is 10.7. The summed E-state index contributed by atoms with van der Waals surface area (Å²) in [6.07, 6.45) is 3.31. The highest BCUT2D eigenvalue weighted by molar-refractivity contribution is 7.99. The Balaban J connectivity index is 2.69. The number of Topliss-reactive ketones (excluding diaryl/α,β-unsaturated/α-hetero) is 1. The molecule has 0 saturated heterocycles. The molecule has 0 fully saturated rings. The summed E-state index contributed by atoms with van der Waals surface area (Å²) in [5.41, 5.74) is 0.624. The predicted molar refractivity (Wildman–Crippen MR) is 67.3 cm³/mol. The van der Waals surface area contributed by atoms with Crippen molar-refractivity contribution in [3.05, 3.63) is 24.0 Å². The molecule has 88 valence electrons. The molecule has 0 unspecified atom stereocenters. The number of rotatable bonds is 6. The highest BCUT2D eigenvalue weighted by Gasteiger charge is 2.08. The molecular formula is C12H17NO2S. The molecule has 0 aliphatic carbocycles. The molecule has 0 spiro atoms. The van der Waals surface area contributed by atoms with Crippen molar-refractivity contribution < 1.29 is 9.53 Å². The molecule has 0 aromatic carbocycles. The van der Waals surface area contributed by atoms with Crippen molar-refractivity contribution in [3.63, 3.8) is 0 Å². The van der Waals surface area contributed by atoms with Crippen LogP contribution in [0.1, 0.15) is 31.1 Å². The molecule has 0 amide bonds. The minimum absolute atomic E-state index is 0.0946. The van der Waals surface area contributed by atoms with E-state index in [0.717, 1.165) is 5.75 Å². The summed E-state index contributed by atoms with van der Waals surface area (Å²) in [4.78, 5) is 15.7. The number of hydrogen-bond acceptors (Lipinski definition) is 4. The third-order valence-electron chi connectivity index (χ3n) is 1.84. The number of pyridine rings is 1. The molecule has 0 aliphatic rings. The van der Waals surface area contributed by atoms with Crippen LogP contribution in [0, 0.1) is 0 Å². The van der Waals surface area contributed by atoms with Crippen LogP contribution in [0.25, 0.3) is 0 Å². The Morgan fingerprint density at radius 3 is 2.88 bits per heavy atom.